The van der Waals surface area contributed by atoms with E-state index in [1.54, 1.807) is 24.5 Å². The summed E-state index contributed by atoms with van der Waals surface area (Å²) in [6.45, 7) is 6.84. The van der Waals surface area contributed by atoms with E-state index < -0.39 is 16.6 Å². The molecule has 1 atom stereocenters. The van der Waals surface area contributed by atoms with Gasteiger partial charge >= 0.3 is 0 Å². The van der Waals surface area contributed by atoms with E-state index in [0.717, 1.165) is 29.8 Å². The van der Waals surface area contributed by atoms with E-state index in [0.29, 0.717) is 4.90 Å². The van der Waals surface area contributed by atoms with Crippen molar-refractivity contribution in [2.75, 3.05) is 13.6 Å². The Hall–Kier alpha value is -2.01. The molecule has 0 aromatic heterocycles. The maximum absolute atomic E-state index is 13.9. The Balaban J connectivity index is 2.45. The van der Waals surface area contributed by atoms with E-state index in [1.807, 2.05) is 37.9 Å². The van der Waals surface area contributed by atoms with E-state index in [2.05, 4.69) is 11.9 Å². The second-order valence-electron chi connectivity index (χ2n) is 5.62. The highest BCUT2D eigenvalue weighted by Crippen LogP contribution is 2.29. The molecule has 2 rings (SSSR count). The predicted molar refractivity (Wildman–Crippen MR) is 98.1 cm³/mol. The monoisotopic (exact) mass is 346 g/mol. The van der Waals surface area contributed by atoms with Crippen LogP contribution in [-0.4, -0.2) is 29.0 Å². The van der Waals surface area contributed by atoms with Crippen molar-refractivity contribution < 1.29 is 8.60 Å². The van der Waals surface area contributed by atoms with Gasteiger partial charge in [-0.2, -0.15) is 0 Å². The second-order valence-corrected chi connectivity index (χ2v) is 7.03. The standard InChI is InChI=1S/C19H23FN2OS/c1-5-15-12-19(24(23)18-10-8-7-9-16(18)20)14(3)11-17(15)21-13-22(4)6-2/h7-13H,5-6H2,1-4H3. The van der Waals surface area contributed by atoms with Crippen molar-refractivity contribution in [1.82, 2.24) is 4.90 Å². The SMILES string of the molecule is CCc1cc(S(=O)c2ccccc2F)c(C)cc1N=CN(C)CC. The van der Waals surface area contributed by atoms with E-state index >= 15 is 0 Å². The zero-order valence-corrected chi connectivity index (χ0v) is 15.4. The highest BCUT2D eigenvalue weighted by atomic mass is 32.2. The zero-order valence-electron chi connectivity index (χ0n) is 14.5. The summed E-state index contributed by atoms with van der Waals surface area (Å²) in [5.74, 6) is -0.444. The first-order chi connectivity index (χ1) is 11.5. The molecule has 0 heterocycles. The first kappa shape index (κ1) is 18.3. The van der Waals surface area contributed by atoms with Crippen LogP contribution in [0.3, 0.4) is 0 Å². The summed E-state index contributed by atoms with van der Waals surface area (Å²) in [4.78, 5) is 7.36. The van der Waals surface area contributed by atoms with Crippen molar-refractivity contribution >= 4 is 22.8 Å². The molecular weight excluding hydrogens is 323 g/mol. The third-order valence-corrected chi connectivity index (χ3v) is 5.46. The van der Waals surface area contributed by atoms with Gasteiger partial charge in [-0.3, -0.25) is 0 Å². The van der Waals surface area contributed by atoms with Crippen LogP contribution >= 0.6 is 0 Å². The number of aryl methyl sites for hydroxylation is 2. The summed E-state index contributed by atoms with van der Waals surface area (Å²) >= 11 is 0. The average molecular weight is 346 g/mol. The van der Waals surface area contributed by atoms with E-state index in [-0.39, 0.29) is 4.90 Å². The summed E-state index contributed by atoms with van der Waals surface area (Å²) in [5.41, 5.74) is 2.71. The number of halogens is 1. The van der Waals surface area contributed by atoms with Gasteiger partial charge in [0.2, 0.25) is 0 Å². The zero-order chi connectivity index (χ0) is 17.7. The molecule has 5 heteroatoms. The van der Waals surface area contributed by atoms with Crippen LogP contribution in [0.25, 0.3) is 0 Å². The van der Waals surface area contributed by atoms with Crippen molar-refractivity contribution in [2.45, 2.75) is 37.0 Å². The predicted octanol–water partition coefficient (Wildman–Crippen LogP) is 4.47. The molecule has 0 aliphatic carbocycles. The molecule has 0 saturated carbocycles. The molecule has 2 aromatic carbocycles. The van der Waals surface area contributed by atoms with Crippen LogP contribution in [0.5, 0.6) is 0 Å². The molecule has 0 bridgehead atoms. The Morgan fingerprint density at radius 3 is 2.54 bits per heavy atom. The lowest BCUT2D eigenvalue weighted by atomic mass is 10.1. The number of rotatable bonds is 6. The molecule has 0 amide bonds. The number of hydrogen-bond acceptors (Lipinski definition) is 2. The molecule has 0 saturated heterocycles. The van der Waals surface area contributed by atoms with E-state index in [9.17, 15) is 8.60 Å². The average Bonchev–Trinajstić information content (AvgIpc) is 2.59. The van der Waals surface area contributed by atoms with Crippen LogP contribution in [0.2, 0.25) is 0 Å². The normalized spacial score (nSPS) is 12.5. The minimum atomic E-state index is -1.54. The minimum Gasteiger partial charge on any atom is -0.366 e. The van der Waals surface area contributed by atoms with E-state index in [1.165, 1.54) is 6.07 Å². The number of aliphatic imine (C=N–C) groups is 1. The van der Waals surface area contributed by atoms with Gasteiger partial charge in [-0.25, -0.2) is 13.6 Å². The number of hydrogen-bond donors (Lipinski definition) is 0. The Labute approximate surface area is 145 Å². The smallest absolute Gasteiger partial charge is 0.139 e. The quantitative estimate of drug-likeness (QED) is 0.571. The molecule has 3 nitrogen and oxygen atoms in total. The Bertz CT molecular complexity index is 774. The molecule has 128 valence electrons. The Morgan fingerprint density at radius 2 is 1.92 bits per heavy atom. The number of nitrogens with zero attached hydrogens (tertiary/aromatic N) is 2. The molecular formula is C19H23FN2OS. The molecule has 0 aliphatic heterocycles. The van der Waals surface area contributed by atoms with E-state index in [4.69, 9.17) is 0 Å². The van der Waals surface area contributed by atoms with Gasteiger partial charge in [0.1, 0.15) is 5.82 Å². The van der Waals surface area contributed by atoms with Gasteiger partial charge in [0.15, 0.2) is 0 Å². The molecule has 2 aromatic rings. The lowest BCUT2D eigenvalue weighted by Crippen LogP contribution is -2.14. The number of benzene rings is 2. The van der Waals surface area contributed by atoms with Gasteiger partial charge in [0.25, 0.3) is 0 Å². The molecule has 0 aliphatic rings. The van der Waals surface area contributed by atoms with Crippen molar-refractivity contribution in [2.24, 2.45) is 4.99 Å². The summed E-state index contributed by atoms with van der Waals surface area (Å²) in [7, 11) is 0.420. The summed E-state index contributed by atoms with van der Waals surface area (Å²) in [6, 6.07) is 10.0. The topological polar surface area (TPSA) is 32.7 Å². The maximum atomic E-state index is 13.9. The first-order valence-corrected chi connectivity index (χ1v) is 9.17. The molecule has 0 fully saturated rings. The van der Waals surface area contributed by atoms with Crippen molar-refractivity contribution in [3.63, 3.8) is 0 Å². The fraction of sp³-hybridized carbons (Fsp3) is 0.316. The summed E-state index contributed by atoms with van der Waals surface area (Å²) < 4.78 is 26.7. The van der Waals surface area contributed by atoms with Crippen molar-refractivity contribution in [3.8, 4) is 0 Å². The van der Waals surface area contributed by atoms with Crippen molar-refractivity contribution in [1.29, 1.82) is 0 Å². The van der Waals surface area contributed by atoms with Crippen LogP contribution in [0, 0.1) is 12.7 Å². The van der Waals surface area contributed by atoms with Crippen LogP contribution in [0.1, 0.15) is 25.0 Å². The largest absolute Gasteiger partial charge is 0.366 e. The third kappa shape index (κ3) is 4.09. The molecule has 1 unspecified atom stereocenters. The second kappa shape index (κ2) is 8.20. The van der Waals surface area contributed by atoms with Gasteiger partial charge in [-0.15, -0.1) is 0 Å². The van der Waals surface area contributed by atoms with Gasteiger partial charge < -0.3 is 4.90 Å². The fourth-order valence-corrected chi connectivity index (χ4v) is 3.56. The van der Waals surface area contributed by atoms with Crippen LogP contribution < -0.4 is 0 Å². The lowest BCUT2D eigenvalue weighted by Gasteiger charge is -2.13. The highest BCUT2D eigenvalue weighted by Gasteiger charge is 2.16. The first-order valence-electron chi connectivity index (χ1n) is 8.02. The lowest BCUT2D eigenvalue weighted by molar-refractivity contribution is 0.552. The molecule has 0 radical (unpaired) electrons. The fourth-order valence-electron chi connectivity index (χ4n) is 2.27. The van der Waals surface area contributed by atoms with Gasteiger partial charge in [-0.1, -0.05) is 19.1 Å². The maximum Gasteiger partial charge on any atom is 0.139 e. The Kier molecular flexibility index (Phi) is 6.26. The van der Waals surface area contributed by atoms with Gasteiger partial charge in [0.05, 0.1) is 27.7 Å². The van der Waals surface area contributed by atoms with Gasteiger partial charge in [-0.05, 0) is 55.7 Å². The molecule has 24 heavy (non-hydrogen) atoms. The minimum absolute atomic E-state index is 0.213. The summed E-state index contributed by atoms with van der Waals surface area (Å²) in [5, 5.41) is 0. The van der Waals surface area contributed by atoms with Crippen molar-refractivity contribution in [3.05, 3.63) is 53.3 Å². The van der Waals surface area contributed by atoms with Crippen LogP contribution in [0.4, 0.5) is 10.1 Å². The van der Waals surface area contributed by atoms with Crippen LogP contribution in [-0.2, 0) is 17.2 Å². The van der Waals surface area contributed by atoms with Crippen LogP contribution in [0.15, 0.2) is 51.2 Å². The highest BCUT2D eigenvalue weighted by molar-refractivity contribution is 7.85. The molecule has 0 spiro atoms. The summed E-state index contributed by atoms with van der Waals surface area (Å²) in [6.07, 6.45) is 2.56. The van der Waals surface area contributed by atoms with Gasteiger partial charge in [0, 0.05) is 18.5 Å². The molecule has 0 N–H and O–H groups in total. The third-order valence-electron chi connectivity index (χ3n) is 3.89. The Morgan fingerprint density at radius 1 is 1.21 bits per heavy atom.